The maximum absolute atomic E-state index is 14.9. The molecule has 0 unspecified atom stereocenters. The number of imidazole rings is 1. The molecular weight excluding hydrogens is 619 g/mol. The second-order valence-electron chi connectivity index (χ2n) is 12.1. The van der Waals surface area contributed by atoms with Gasteiger partial charge in [-0.05, 0) is 19.9 Å². The van der Waals surface area contributed by atoms with E-state index in [0.29, 0.717) is 22.3 Å². The molecule has 0 aliphatic carbocycles. The number of nitrogens with one attached hydrogen (secondary N) is 1. The predicted molar refractivity (Wildman–Crippen MR) is 170 cm³/mol. The summed E-state index contributed by atoms with van der Waals surface area (Å²) in [6.07, 6.45) is 4.45. The van der Waals surface area contributed by atoms with Gasteiger partial charge in [0.15, 0.2) is 35.0 Å². The van der Waals surface area contributed by atoms with E-state index in [9.17, 15) is 9.18 Å². The lowest BCUT2D eigenvalue weighted by atomic mass is 9.97. The van der Waals surface area contributed by atoms with E-state index >= 15 is 0 Å². The summed E-state index contributed by atoms with van der Waals surface area (Å²) in [5, 5.41) is 2.83. The molecule has 2 fully saturated rings. The molecule has 3 aromatic carbocycles. The number of rotatable bonds is 7. The summed E-state index contributed by atoms with van der Waals surface area (Å²) in [6, 6.07) is 21.0. The van der Waals surface area contributed by atoms with Crippen molar-refractivity contribution in [3.8, 4) is 11.5 Å². The third-order valence-electron chi connectivity index (χ3n) is 8.50. The number of hydrogen-bond donors (Lipinski definition) is 2. The number of halogens is 1. The number of hydrogen-bond acceptors (Lipinski definition) is 10. The number of aromatic nitrogens is 4. The largest absolute Gasteiger partial charge is 0.440 e. The van der Waals surface area contributed by atoms with Crippen molar-refractivity contribution in [2.45, 2.75) is 50.0 Å². The highest BCUT2D eigenvalue weighted by Gasteiger charge is 2.55. The van der Waals surface area contributed by atoms with Crippen LogP contribution in [0.25, 0.3) is 11.2 Å². The van der Waals surface area contributed by atoms with E-state index in [1.54, 1.807) is 23.0 Å². The highest BCUT2D eigenvalue weighted by atomic mass is 19.1. The lowest BCUT2D eigenvalue weighted by Gasteiger charge is -2.28. The fraction of sp³-hybridized carbons (Fsp3) is 0.257. The Bertz CT molecular complexity index is 2000. The smallest absolute Gasteiger partial charge is 0.305 e. The molecule has 1 amide bonds. The monoisotopic (exact) mass is 650 g/mol. The minimum atomic E-state index is -1.41. The zero-order valence-electron chi connectivity index (χ0n) is 25.9. The lowest BCUT2D eigenvalue weighted by Crippen LogP contribution is -2.37. The first-order valence-corrected chi connectivity index (χ1v) is 15.4. The summed E-state index contributed by atoms with van der Waals surface area (Å²) in [5.74, 6) is -2.90. The van der Waals surface area contributed by atoms with E-state index in [0.717, 1.165) is 6.07 Å². The number of benzene rings is 3. The van der Waals surface area contributed by atoms with Crippen LogP contribution in [-0.4, -0.2) is 56.1 Å². The highest BCUT2D eigenvalue weighted by Crippen LogP contribution is 2.50. The maximum atomic E-state index is 14.9. The van der Waals surface area contributed by atoms with Gasteiger partial charge in [-0.2, -0.15) is 0 Å². The molecule has 0 saturated carbocycles. The molecule has 0 bridgehead atoms. The van der Waals surface area contributed by atoms with Gasteiger partial charge in [0.2, 0.25) is 0 Å². The number of nitrogens with two attached hydrogens (primary N) is 1. The standard InChI is InChI=1S/C35H31FN6O6/c1-34(2)46-28-24(44-33(29(28)47-34)42-19-41-26-30(37)39-18-40-31(26)42)14-9-15-38-32(43)23-16-22(36)17-25-27(23)48-35(45-25,20-10-5-3-6-11-20)21-12-7-4-8-13-21/h3-14,16-19,24,28-29,33H,15H2,1-2H3,(H,38,43)(H2,37,39,40)/b14-9+/t24-,28-,29-,33-/m1/s1. The van der Waals surface area contributed by atoms with Crippen molar-refractivity contribution in [2.75, 3.05) is 12.3 Å². The molecule has 8 rings (SSSR count). The molecule has 0 radical (unpaired) electrons. The third-order valence-corrected chi connectivity index (χ3v) is 8.50. The first-order valence-electron chi connectivity index (χ1n) is 15.4. The van der Waals surface area contributed by atoms with Crippen LogP contribution in [0.1, 0.15) is 41.6 Å². The number of amides is 1. The number of carbonyl (C=O) groups excluding carboxylic acids is 1. The number of carbonyl (C=O) groups is 1. The molecule has 5 heterocycles. The Morgan fingerprint density at radius 2 is 1.69 bits per heavy atom. The van der Waals surface area contributed by atoms with Gasteiger partial charge >= 0.3 is 5.79 Å². The second-order valence-corrected chi connectivity index (χ2v) is 12.1. The van der Waals surface area contributed by atoms with Crippen LogP contribution in [0, 0.1) is 5.82 Å². The van der Waals surface area contributed by atoms with Crippen molar-refractivity contribution in [1.29, 1.82) is 0 Å². The Kier molecular flexibility index (Phi) is 7.13. The van der Waals surface area contributed by atoms with Gasteiger partial charge in [0, 0.05) is 23.7 Å². The van der Waals surface area contributed by atoms with Gasteiger partial charge in [-0.3, -0.25) is 9.36 Å². The van der Waals surface area contributed by atoms with Crippen molar-refractivity contribution in [1.82, 2.24) is 24.8 Å². The van der Waals surface area contributed by atoms with Gasteiger partial charge in [0.1, 0.15) is 36.0 Å². The van der Waals surface area contributed by atoms with Crippen LogP contribution in [-0.2, 0) is 20.0 Å². The van der Waals surface area contributed by atoms with Gasteiger partial charge in [-0.15, -0.1) is 0 Å². The molecule has 2 aromatic heterocycles. The van der Waals surface area contributed by atoms with Crippen molar-refractivity contribution < 1.29 is 32.9 Å². The summed E-state index contributed by atoms with van der Waals surface area (Å²) < 4.78 is 48.3. The van der Waals surface area contributed by atoms with Crippen LogP contribution in [0.3, 0.4) is 0 Å². The third kappa shape index (κ3) is 5.03. The molecule has 12 nitrogen and oxygen atoms in total. The number of nitrogen functional groups attached to an aromatic ring is 1. The summed E-state index contributed by atoms with van der Waals surface area (Å²) in [6.45, 7) is 3.78. The average Bonchev–Trinajstić information content (AvgIpc) is 3.84. The van der Waals surface area contributed by atoms with Gasteiger partial charge in [-0.25, -0.2) is 19.3 Å². The van der Waals surface area contributed by atoms with Crippen LogP contribution in [0.2, 0.25) is 0 Å². The number of nitrogens with zero attached hydrogens (tertiary/aromatic N) is 4. The normalized spacial score (nSPS) is 23.5. The van der Waals surface area contributed by atoms with Gasteiger partial charge in [-0.1, -0.05) is 72.8 Å². The summed E-state index contributed by atoms with van der Waals surface area (Å²) >= 11 is 0. The second kappa shape index (κ2) is 11.4. The fourth-order valence-electron chi connectivity index (χ4n) is 6.45. The zero-order chi connectivity index (χ0) is 33.0. The number of ether oxygens (including phenoxy) is 5. The van der Waals surface area contributed by atoms with Gasteiger partial charge in [0.25, 0.3) is 5.91 Å². The molecule has 0 spiro atoms. The molecule has 48 heavy (non-hydrogen) atoms. The molecule has 5 aromatic rings. The molecular formula is C35H31FN6O6. The minimum Gasteiger partial charge on any atom is -0.440 e. The van der Waals surface area contributed by atoms with Crippen molar-refractivity contribution in [3.63, 3.8) is 0 Å². The molecule has 4 atom stereocenters. The molecule has 2 saturated heterocycles. The number of fused-ring (bicyclic) bond motifs is 3. The predicted octanol–water partition coefficient (Wildman–Crippen LogP) is 4.62. The molecule has 3 aliphatic heterocycles. The van der Waals surface area contributed by atoms with Crippen molar-refractivity contribution in [2.24, 2.45) is 0 Å². The highest BCUT2D eigenvalue weighted by molar-refractivity contribution is 5.98. The lowest BCUT2D eigenvalue weighted by molar-refractivity contribution is -0.191. The van der Waals surface area contributed by atoms with E-state index in [4.69, 9.17) is 29.4 Å². The zero-order valence-corrected chi connectivity index (χ0v) is 25.9. The molecule has 3 aliphatic rings. The van der Waals surface area contributed by atoms with E-state index in [-0.39, 0.29) is 29.4 Å². The van der Waals surface area contributed by atoms with Gasteiger partial charge in [0.05, 0.1) is 11.9 Å². The summed E-state index contributed by atoms with van der Waals surface area (Å²) in [5.41, 5.74) is 8.35. The van der Waals surface area contributed by atoms with Crippen LogP contribution in [0.15, 0.2) is 97.6 Å². The molecule has 3 N–H and O–H groups in total. The Balaban J connectivity index is 1.01. The minimum absolute atomic E-state index is 0.00639. The first-order chi connectivity index (χ1) is 23.2. The van der Waals surface area contributed by atoms with Crippen LogP contribution in [0.4, 0.5) is 10.2 Å². The quantitative estimate of drug-likeness (QED) is 0.239. The van der Waals surface area contributed by atoms with Crippen molar-refractivity contribution in [3.05, 3.63) is 120 Å². The Morgan fingerprint density at radius 3 is 2.42 bits per heavy atom. The topological polar surface area (TPSA) is 145 Å². The Morgan fingerprint density at radius 1 is 0.979 bits per heavy atom. The van der Waals surface area contributed by atoms with Crippen LogP contribution >= 0.6 is 0 Å². The van der Waals surface area contributed by atoms with E-state index in [2.05, 4.69) is 20.3 Å². The molecule has 244 valence electrons. The Labute approximate surface area is 274 Å². The molecule has 13 heteroatoms. The van der Waals surface area contributed by atoms with E-state index < -0.39 is 47.8 Å². The SMILES string of the molecule is CC1(C)O[C@@H]2[C@H](O1)[C@@H](/C=C/CNC(=O)c1cc(F)cc3c1OC(c1ccccc1)(c1ccccc1)O3)O[C@H]2n1cnc2c(N)ncnc21. The first kappa shape index (κ1) is 30.0. The van der Waals surface area contributed by atoms with Crippen LogP contribution < -0.4 is 20.5 Å². The average molecular weight is 651 g/mol. The van der Waals surface area contributed by atoms with E-state index in [1.807, 2.05) is 74.5 Å². The summed E-state index contributed by atoms with van der Waals surface area (Å²) in [4.78, 5) is 26.2. The fourth-order valence-corrected chi connectivity index (χ4v) is 6.45. The van der Waals surface area contributed by atoms with E-state index in [1.165, 1.54) is 12.4 Å². The number of anilines is 1. The summed E-state index contributed by atoms with van der Waals surface area (Å²) in [7, 11) is 0. The van der Waals surface area contributed by atoms with Crippen LogP contribution in [0.5, 0.6) is 11.5 Å². The Hall–Kier alpha value is -5.37. The van der Waals surface area contributed by atoms with Crippen molar-refractivity contribution >= 4 is 22.9 Å². The maximum Gasteiger partial charge on any atom is 0.305 e. The van der Waals surface area contributed by atoms with Gasteiger partial charge < -0.3 is 34.7 Å².